The highest BCUT2D eigenvalue weighted by molar-refractivity contribution is 5.98. The number of piperidine rings is 1. The Bertz CT molecular complexity index is 1120. The molecule has 1 amide bonds. The predicted molar refractivity (Wildman–Crippen MR) is 119 cm³/mol. The highest BCUT2D eigenvalue weighted by atomic mass is 16.5. The minimum atomic E-state index is -0.0141. The molecule has 2 aliphatic heterocycles. The number of likely N-dealkylation sites (tertiary alicyclic amines) is 1. The molecule has 5 rings (SSSR count). The SMILES string of the molecule is COc1ccc(C(=O)N2C[C@H]3CCN(c4cc(N(C)C)ncn4)C[C@H]32)c(-n2nccn2)c1. The van der Waals surface area contributed by atoms with Crippen molar-refractivity contribution in [2.45, 2.75) is 12.5 Å². The Labute approximate surface area is 186 Å². The second kappa shape index (κ2) is 8.10. The number of carbonyl (C=O) groups excluding carboxylic acids is 1. The Morgan fingerprint density at radius 2 is 1.94 bits per heavy atom. The van der Waals surface area contributed by atoms with Gasteiger partial charge in [0.15, 0.2) is 0 Å². The van der Waals surface area contributed by atoms with Gasteiger partial charge in [-0.05, 0) is 18.6 Å². The number of amides is 1. The highest BCUT2D eigenvalue weighted by Crippen LogP contribution is 2.36. The van der Waals surface area contributed by atoms with Crippen molar-refractivity contribution in [2.24, 2.45) is 5.92 Å². The number of ether oxygens (including phenoxy) is 1. The summed E-state index contributed by atoms with van der Waals surface area (Å²) in [5.74, 6) is 2.91. The van der Waals surface area contributed by atoms with Crippen LogP contribution in [0, 0.1) is 5.92 Å². The van der Waals surface area contributed by atoms with E-state index in [2.05, 4.69) is 25.1 Å². The molecule has 2 fully saturated rings. The van der Waals surface area contributed by atoms with E-state index >= 15 is 0 Å². The van der Waals surface area contributed by atoms with Gasteiger partial charge in [-0.3, -0.25) is 4.79 Å². The topological polar surface area (TPSA) is 92.5 Å². The largest absolute Gasteiger partial charge is 0.497 e. The van der Waals surface area contributed by atoms with E-state index in [1.807, 2.05) is 30.0 Å². The molecule has 166 valence electrons. The minimum Gasteiger partial charge on any atom is -0.497 e. The maximum atomic E-state index is 13.5. The normalized spacial score (nSPS) is 19.8. The fourth-order valence-electron chi connectivity index (χ4n) is 4.47. The lowest BCUT2D eigenvalue weighted by Crippen LogP contribution is -2.65. The van der Waals surface area contributed by atoms with Gasteiger partial charge in [0.05, 0.1) is 31.1 Å². The monoisotopic (exact) mass is 434 g/mol. The summed E-state index contributed by atoms with van der Waals surface area (Å²) in [5, 5.41) is 8.43. The van der Waals surface area contributed by atoms with E-state index in [9.17, 15) is 4.79 Å². The Balaban J connectivity index is 1.38. The average molecular weight is 435 g/mol. The van der Waals surface area contributed by atoms with Gasteiger partial charge in [-0.15, -0.1) is 0 Å². The van der Waals surface area contributed by atoms with E-state index in [1.165, 1.54) is 4.80 Å². The molecule has 0 aliphatic carbocycles. The van der Waals surface area contributed by atoms with Crippen LogP contribution in [-0.2, 0) is 0 Å². The van der Waals surface area contributed by atoms with Gasteiger partial charge in [0.1, 0.15) is 29.4 Å². The molecule has 0 bridgehead atoms. The van der Waals surface area contributed by atoms with Crippen LogP contribution in [0.2, 0.25) is 0 Å². The first kappa shape index (κ1) is 20.2. The third-order valence-corrected chi connectivity index (χ3v) is 6.30. The first-order valence-electron chi connectivity index (χ1n) is 10.6. The number of anilines is 2. The Morgan fingerprint density at radius 1 is 1.12 bits per heavy atom. The third kappa shape index (κ3) is 3.51. The smallest absolute Gasteiger partial charge is 0.256 e. The van der Waals surface area contributed by atoms with Crippen molar-refractivity contribution in [3.8, 4) is 11.4 Å². The predicted octanol–water partition coefficient (Wildman–Crippen LogP) is 1.48. The Morgan fingerprint density at radius 3 is 2.69 bits per heavy atom. The van der Waals surface area contributed by atoms with Crippen molar-refractivity contribution in [1.29, 1.82) is 0 Å². The molecule has 1 aromatic carbocycles. The van der Waals surface area contributed by atoms with E-state index in [4.69, 9.17) is 4.74 Å². The second-order valence-corrected chi connectivity index (χ2v) is 8.35. The third-order valence-electron chi connectivity index (χ3n) is 6.30. The van der Waals surface area contributed by atoms with Gasteiger partial charge in [-0.1, -0.05) is 0 Å². The molecular formula is C22H26N8O2. The summed E-state index contributed by atoms with van der Waals surface area (Å²) in [6.45, 7) is 2.45. The number of nitrogens with zero attached hydrogens (tertiary/aromatic N) is 8. The number of fused-ring (bicyclic) bond motifs is 1. The molecule has 3 aromatic rings. The molecule has 10 heteroatoms. The molecule has 0 spiro atoms. The second-order valence-electron chi connectivity index (χ2n) is 8.35. The van der Waals surface area contributed by atoms with Crippen LogP contribution in [0.1, 0.15) is 16.8 Å². The average Bonchev–Trinajstić information content (AvgIpc) is 3.34. The fraction of sp³-hybridized carbons (Fsp3) is 0.409. The summed E-state index contributed by atoms with van der Waals surface area (Å²) in [7, 11) is 5.53. The summed E-state index contributed by atoms with van der Waals surface area (Å²) in [4.78, 5) is 30.0. The zero-order valence-corrected chi connectivity index (χ0v) is 18.4. The molecule has 2 saturated heterocycles. The van der Waals surface area contributed by atoms with Crippen LogP contribution in [0.4, 0.5) is 11.6 Å². The van der Waals surface area contributed by atoms with Gasteiger partial charge in [0.2, 0.25) is 0 Å². The molecule has 0 unspecified atom stereocenters. The van der Waals surface area contributed by atoms with E-state index in [-0.39, 0.29) is 11.9 Å². The lowest BCUT2D eigenvalue weighted by Gasteiger charge is -2.53. The van der Waals surface area contributed by atoms with Crippen LogP contribution in [-0.4, -0.2) is 82.7 Å². The number of carbonyl (C=O) groups is 1. The van der Waals surface area contributed by atoms with Gasteiger partial charge in [-0.2, -0.15) is 15.0 Å². The summed E-state index contributed by atoms with van der Waals surface area (Å²) >= 11 is 0. The molecule has 2 aliphatic rings. The maximum absolute atomic E-state index is 13.5. The summed E-state index contributed by atoms with van der Waals surface area (Å²) < 4.78 is 5.35. The van der Waals surface area contributed by atoms with E-state index < -0.39 is 0 Å². The van der Waals surface area contributed by atoms with Crippen LogP contribution in [0.5, 0.6) is 5.75 Å². The standard InChI is InChI=1S/C22H26N8O2/c1-27(2)20-11-21(24-14-23-20)28-9-6-15-12-29(19(15)13-28)22(31)17-5-4-16(32-3)10-18(17)30-25-7-8-26-30/h4-5,7-8,10-11,14-15,19H,6,9,12-13H2,1-3H3/t15-,19-/m1/s1. The number of hydrogen-bond acceptors (Lipinski definition) is 8. The van der Waals surface area contributed by atoms with Gasteiger partial charge in [0.25, 0.3) is 5.91 Å². The first-order valence-corrected chi connectivity index (χ1v) is 10.6. The molecule has 0 saturated carbocycles. The molecular weight excluding hydrogens is 408 g/mol. The van der Waals surface area contributed by atoms with Crippen molar-refractivity contribution in [1.82, 2.24) is 29.9 Å². The number of hydrogen-bond donors (Lipinski definition) is 0. The molecule has 0 radical (unpaired) electrons. The van der Waals surface area contributed by atoms with Crippen molar-refractivity contribution in [3.63, 3.8) is 0 Å². The number of methoxy groups -OCH3 is 1. The maximum Gasteiger partial charge on any atom is 0.256 e. The molecule has 4 heterocycles. The fourth-order valence-corrected chi connectivity index (χ4v) is 4.47. The first-order chi connectivity index (χ1) is 15.5. The van der Waals surface area contributed by atoms with E-state index in [0.29, 0.717) is 22.9 Å². The van der Waals surface area contributed by atoms with Crippen LogP contribution in [0.3, 0.4) is 0 Å². The molecule has 32 heavy (non-hydrogen) atoms. The van der Waals surface area contributed by atoms with E-state index in [1.54, 1.807) is 44.0 Å². The van der Waals surface area contributed by atoms with Crippen LogP contribution in [0.15, 0.2) is 43.0 Å². The highest BCUT2D eigenvalue weighted by Gasteiger charge is 2.46. The molecule has 10 nitrogen and oxygen atoms in total. The summed E-state index contributed by atoms with van der Waals surface area (Å²) in [6, 6.07) is 7.53. The molecule has 2 aromatic heterocycles. The number of rotatable bonds is 5. The lowest BCUT2D eigenvalue weighted by atomic mass is 9.81. The summed E-state index contributed by atoms with van der Waals surface area (Å²) in [5.41, 5.74) is 1.18. The van der Waals surface area contributed by atoms with Gasteiger partial charge >= 0.3 is 0 Å². The Hall–Kier alpha value is -3.69. The van der Waals surface area contributed by atoms with Gasteiger partial charge in [0, 0.05) is 51.8 Å². The Kier molecular flexibility index (Phi) is 5.12. The quantitative estimate of drug-likeness (QED) is 0.596. The van der Waals surface area contributed by atoms with Gasteiger partial charge < -0.3 is 19.4 Å². The van der Waals surface area contributed by atoms with Crippen LogP contribution >= 0.6 is 0 Å². The van der Waals surface area contributed by atoms with Crippen LogP contribution < -0.4 is 14.5 Å². The zero-order valence-electron chi connectivity index (χ0n) is 18.4. The van der Waals surface area contributed by atoms with Gasteiger partial charge in [-0.25, -0.2) is 9.97 Å². The zero-order chi connectivity index (χ0) is 22.2. The van der Waals surface area contributed by atoms with E-state index in [0.717, 1.165) is 37.7 Å². The summed E-state index contributed by atoms with van der Waals surface area (Å²) in [6.07, 6.45) is 5.82. The van der Waals surface area contributed by atoms with Crippen molar-refractivity contribution in [2.75, 3.05) is 50.6 Å². The molecule has 0 N–H and O–H groups in total. The number of benzene rings is 1. The van der Waals surface area contributed by atoms with Crippen LogP contribution in [0.25, 0.3) is 5.69 Å². The van der Waals surface area contributed by atoms with Crippen molar-refractivity contribution < 1.29 is 9.53 Å². The lowest BCUT2D eigenvalue weighted by molar-refractivity contribution is 0.00778. The van der Waals surface area contributed by atoms with Crippen molar-refractivity contribution >= 4 is 17.5 Å². The number of aromatic nitrogens is 5. The molecule has 2 atom stereocenters. The van der Waals surface area contributed by atoms with Crippen molar-refractivity contribution in [3.05, 3.63) is 48.5 Å². The minimum absolute atomic E-state index is 0.0141.